The maximum absolute atomic E-state index is 13.1. The molecule has 2 unspecified atom stereocenters. The van der Waals surface area contributed by atoms with Gasteiger partial charge in [-0.3, -0.25) is 0 Å². The Bertz CT molecular complexity index is 1340. The van der Waals surface area contributed by atoms with E-state index in [4.69, 9.17) is 37.6 Å². The van der Waals surface area contributed by atoms with Crippen LogP contribution in [-0.2, 0) is 11.3 Å². The Labute approximate surface area is 229 Å². The first kappa shape index (κ1) is 25.2. The molecule has 1 aromatic heterocycles. The number of fused-ring (bicyclic) bond motifs is 2. The van der Waals surface area contributed by atoms with Gasteiger partial charge in [-0.05, 0) is 74.9 Å². The summed E-state index contributed by atoms with van der Waals surface area (Å²) in [5.41, 5.74) is 2.95. The molecule has 1 saturated carbocycles. The summed E-state index contributed by atoms with van der Waals surface area (Å²) in [6, 6.07) is 11.6. The lowest BCUT2D eigenvalue weighted by molar-refractivity contribution is -0.0158. The number of carboxylic acid groups (broad SMARTS) is 1. The van der Waals surface area contributed by atoms with Gasteiger partial charge in [-0.15, -0.1) is 0 Å². The van der Waals surface area contributed by atoms with E-state index in [9.17, 15) is 9.59 Å². The van der Waals surface area contributed by atoms with Gasteiger partial charge >= 0.3 is 12.0 Å². The fourth-order valence-electron chi connectivity index (χ4n) is 5.73. The number of carboxylic acids is 1. The van der Waals surface area contributed by atoms with Crippen molar-refractivity contribution in [1.82, 2.24) is 10.1 Å². The molecule has 0 radical (unpaired) electrons. The van der Waals surface area contributed by atoms with Crippen LogP contribution in [-0.4, -0.2) is 45.4 Å². The van der Waals surface area contributed by atoms with Crippen molar-refractivity contribution in [3.63, 3.8) is 0 Å². The number of nitrogens with zero attached hydrogens (tertiary/aromatic N) is 2. The van der Waals surface area contributed by atoms with Crippen LogP contribution in [0.1, 0.15) is 66.1 Å². The van der Waals surface area contributed by atoms with Gasteiger partial charge in [0, 0.05) is 34.8 Å². The number of rotatable bonds is 7. The molecule has 8 nitrogen and oxygen atoms in total. The molecule has 0 spiro atoms. The Kier molecular flexibility index (Phi) is 6.80. The van der Waals surface area contributed by atoms with E-state index < -0.39 is 5.97 Å². The summed E-state index contributed by atoms with van der Waals surface area (Å²) in [4.78, 5) is 26.1. The summed E-state index contributed by atoms with van der Waals surface area (Å²) in [7, 11) is 0. The minimum Gasteiger partial charge on any atom is -0.478 e. The van der Waals surface area contributed by atoms with E-state index >= 15 is 0 Å². The third-order valence-corrected chi connectivity index (χ3v) is 8.37. The van der Waals surface area contributed by atoms with E-state index in [2.05, 4.69) is 10.5 Å². The molecule has 2 aliphatic heterocycles. The van der Waals surface area contributed by atoms with Crippen LogP contribution >= 0.6 is 23.2 Å². The van der Waals surface area contributed by atoms with Crippen LogP contribution in [0.2, 0.25) is 10.0 Å². The van der Waals surface area contributed by atoms with E-state index in [1.807, 2.05) is 4.90 Å². The van der Waals surface area contributed by atoms with E-state index in [0.29, 0.717) is 39.5 Å². The molecule has 3 fully saturated rings. The number of nitrogens with one attached hydrogen (secondary N) is 1. The zero-order chi connectivity index (χ0) is 26.4. The lowest BCUT2D eigenvalue weighted by Crippen LogP contribution is -2.50. The second kappa shape index (κ2) is 10.2. The van der Waals surface area contributed by atoms with Crippen LogP contribution in [0, 0.1) is 0 Å². The molecule has 198 valence electrons. The fraction of sp³-hybridized carbons (Fsp3) is 0.393. The number of aromatic carboxylic acids is 1. The highest BCUT2D eigenvalue weighted by molar-refractivity contribution is 6.39. The van der Waals surface area contributed by atoms with Crippen molar-refractivity contribution in [1.29, 1.82) is 0 Å². The summed E-state index contributed by atoms with van der Waals surface area (Å²) in [5.74, 6) is 0.202. The molecule has 38 heavy (non-hydrogen) atoms. The highest BCUT2D eigenvalue weighted by atomic mass is 35.5. The van der Waals surface area contributed by atoms with Crippen molar-refractivity contribution >= 4 is 40.9 Å². The number of hydrogen-bond donors (Lipinski definition) is 2. The van der Waals surface area contributed by atoms with E-state index in [-0.39, 0.29) is 29.8 Å². The van der Waals surface area contributed by atoms with Gasteiger partial charge in [0.15, 0.2) is 0 Å². The summed E-state index contributed by atoms with van der Waals surface area (Å²) < 4.78 is 12.2. The molecule has 3 aliphatic rings. The third kappa shape index (κ3) is 4.88. The number of carbonyl (C=O) groups is 2. The highest BCUT2D eigenvalue weighted by Gasteiger charge is 2.44. The van der Waals surface area contributed by atoms with Crippen molar-refractivity contribution in [2.75, 3.05) is 5.32 Å². The van der Waals surface area contributed by atoms with Crippen LogP contribution in [0.5, 0.6) is 0 Å². The first-order chi connectivity index (χ1) is 18.4. The molecule has 3 atom stereocenters. The second-order valence-electron chi connectivity index (χ2n) is 10.3. The topological polar surface area (TPSA) is 105 Å². The molecule has 3 aromatic rings. The molecular weight excluding hydrogens is 529 g/mol. The van der Waals surface area contributed by atoms with Crippen LogP contribution < -0.4 is 5.32 Å². The van der Waals surface area contributed by atoms with Crippen LogP contribution in [0.4, 0.5) is 10.5 Å². The Morgan fingerprint density at radius 1 is 1.03 bits per heavy atom. The average molecular weight is 556 g/mol. The van der Waals surface area contributed by atoms with Gasteiger partial charge in [-0.1, -0.05) is 34.4 Å². The number of ether oxygens (including phenoxy) is 1. The lowest BCUT2D eigenvalue weighted by atomic mass is 9.99. The van der Waals surface area contributed by atoms with E-state index in [1.54, 1.807) is 30.3 Å². The molecule has 2 amide bonds. The molecule has 2 bridgehead atoms. The molecule has 1 aliphatic carbocycles. The fourth-order valence-corrected chi connectivity index (χ4v) is 6.30. The number of anilines is 1. The normalized spacial score (nSPS) is 22.5. The van der Waals surface area contributed by atoms with Crippen molar-refractivity contribution in [3.8, 4) is 11.3 Å². The molecule has 3 heterocycles. The van der Waals surface area contributed by atoms with Crippen molar-refractivity contribution in [3.05, 3.63) is 69.4 Å². The SMILES string of the molecule is O=C(O)c1ccc(NC(=O)N2C3CC[C@H]2CC(OCc2c(-c4c(Cl)cccc4Cl)noc2C2CC2)C3)cc1. The van der Waals surface area contributed by atoms with Gasteiger partial charge in [0.25, 0.3) is 0 Å². The van der Waals surface area contributed by atoms with E-state index in [1.165, 1.54) is 12.1 Å². The lowest BCUT2D eigenvalue weighted by Gasteiger charge is -2.38. The van der Waals surface area contributed by atoms with Crippen LogP contribution in [0.25, 0.3) is 11.3 Å². The molecular formula is C28H27Cl2N3O5. The van der Waals surface area contributed by atoms with E-state index in [0.717, 1.165) is 49.8 Å². The minimum absolute atomic E-state index is 0.00270. The Hall–Kier alpha value is -3.07. The van der Waals surface area contributed by atoms with Crippen molar-refractivity contribution in [2.24, 2.45) is 0 Å². The molecule has 6 rings (SSSR count). The van der Waals surface area contributed by atoms with Gasteiger partial charge in [0.05, 0.1) is 28.3 Å². The summed E-state index contributed by atoms with van der Waals surface area (Å²) >= 11 is 13.0. The highest BCUT2D eigenvalue weighted by Crippen LogP contribution is 2.46. The number of amides is 2. The monoisotopic (exact) mass is 555 g/mol. The summed E-state index contributed by atoms with van der Waals surface area (Å²) in [5, 5.41) is 17.4. The number of benzene rings is 2. The van der Waals surface area contributed by atoms with Gasteiger partial charge in [0.1, 0.15) is 11.5 Å². The quantitative estimate of drug-likeness (QED) is 0.326. The smallest absolute Gasteiger partial charge is 0.335 e. The van der Waals surface area contributed by atoms with Crippen LogP contribution in [0.15, 0.2) is 47.0 Å². The standard InChI is InChI=1S/C28H27Cl2N3O5/c29-22-2-1-3-23(30)24(22)25-21(26(38-32-25)15-4-5-15)14-37-20-12-18-10-11-19(13-20)33(18)28(36)31-17-8-6-16(7-9-17)27(34)35/h1-3,6-9,15,18-20H,4-5,10-14H2,(H,31,36)(H,34,35)/t18-,19?,20?/m0/s1. The number of carbonyl (C=O) groups excluding carboxylic acids is 1. The first-order valence-electron chi connectivity index (χ1n) is 12.9. The molecule has 2 saturated heterocycles. The predicted octanol–water partition coefficient (Wildman–Crippen LogP) is 6.97. The van der Waals surface area contributed by atoms with Crippen molar-refractivity contribution in [2.45, 2.75) is 69.2 Å². The largest absolute Gasteiger partial charge is 0.478 e. The number of halogens is 2. The molecule has 2 N–H and O–H groups in total. The summed E-state index contributed by atoms with van der Waals surface area (Å²) in [6.07, 6.45) is 5.47. The zero-order valence-corrected chi connectivity index (χ0v) is 22.0. The van der Waals surface area contributed by atoms with Crippen LogP contribution in [0.3, 0.4) is 0 Å². The molecule has 2 aromatic carbocycles. The number of aromatic nitrogens is 1. The Morgan fingerprint density at radius 3 is 2.29 bits per heavy atom. The third-order valence-electron chi connectivity index (χ3n) is 7.74. The first-order valence-corrected chi connectivity index (χ1v) is 13.6. The van der Waals surface area contributed by atoms with Crippen molar-refractivity contribution < 1.29 is 24.0 Å². The average Bonchev–Trinajstić information content (AvgIpc) is 3.60. The predicted molar refractivity (Wildman–Crippen MR) is 143 cm³/mol. The summed E-state index contributed by atoms with van der Waals surface area (Å²) in [6.45, 7) is 0.346. The number of urea groups is 1. The Balaban J connectivity index is 1.13. The maximum Gasteiger partial charge on any atom is 0.335 e. The number of hydrogen-bond acceptors (Lipinski definition) is 5. The minimum atomic E-state index is -1.000. The Morgan fingerprint density at radius 2 is 1.68 bits per heavy atom. The van der Waals surface area contributed by atoms with Gasteiger partial charge < -0.3 is 24.6 Å². The zero-order valence-electron chi connectivity index (χ0n) is 20.5. The number of piperidine rings is 1. The maximum atomic E-state index is 13.1. The van der Waals surface area contributed by atoms with Gasteiger partial charge in [0.2, 0.25) is 0 Å². The molecule has 10 heteroatoms. The van der Waals surface area contributed by atoms with Gasteiger partial charge in [-0.2, -0.15) is 0 Å². The van der Waals surface area contributed by atoms with Gasteiger partial charge in [-0.25, -0.2) is 9.59 Å². The second-order valence-corrected chi connectivity index (χ2v) is 11.1.